The number of aromatic nitrogens is 2. The van der Waals surface area contributed by atoms with E-state index in [4.69, 9.17) is 5.73 Å². The minimum Gasteiger partial charge on any atom is -0.338 e. The number of nitrogens with two attached hydrogens (primary N) is 1. The number of thioether (sulfide) groups is 1. The van der Waals surface area contributed by atoms with Crippen molar-refractivity contribution < 1.29 is 0 Å². The van der Waals surface area contributed by atoms with E-state index in [-0.39, 0.29) is 12.1 Å². The Morgan fingerprint density at radius 2 is 2.50 bits per heavy atom. The molecule has 1 unspecified atom stereocenters. The molecule has 1 aliphatic rings. The molecule has 0 aliphatic carbocycles. The van der Waals surface area contributed by atoms with Gasteiger partial charge < -0.3 is 10.3 Å². The van der Waals surface area contributed by atoms with E-state index >= 15 is 0 Å². The fraction of sp³-hybridized carbons (Fsp3) is 0.636. The maximum atomic E-state index is 11.3. The molecule has 0 radical (unpaired) electrons. The van der Waals surface area contributed by atoms with Crippen molar-refractivity contribution >= 4 is 11.8 Å². The van der Waals surface area contributed by atoms with Gasteiger partial charge in [-0.15, -0.1) is 0 Å². The van der Waals surface area contributed by atoms with Crippen molar-refractivity contribution in [1.82, 2.24) is 9.55 Å². The Bertz CT molecular complexity index is 398. The van der Waals surface area contributed by atoms with Crippen LogP contribution in [0.2, 0.25) is 0 Å². The maximum Gasteiger partial charge on any atom is 0.277 e. The van der Waals surface area contributed by atoms with Crippen molar-refractivity contribution in [2.24, 2.45) is 11.7 Å². The molecule has 16 heavy (non-hydrogen) atoms. The smallest absolute Gasteiger partial charge is 0.277 e. The molecule has 1 aromatic rings. The van der Waals surface area contributed by atoms with E-state index in [9.17, 15) is 4.79 Å². The van der Waals surface area contributed by atoms with Crippen molar-refractivity contribution in [1.29, 1.82) is 0 Å². The highest BCUT2D eigenvalue weighted by atomic mass is 32.2. The lowest BCUT2D eigenvalue weighted by molar-refractivity contribution is 0.440. The van der Waals surface area contributed by atoms with Gasteiger partial charge in [-0.2, -0.15) is 16.7 Å². The molecule has 1 aliphatic heterocycles. The number of hydrogen-bond acceptors (Lipinski definition) is 4. The molecule has 2 rings (SSSR count). The molecule has 5 heteroatoms. The first-order chi connectivity index (χ1) is 7.79. The van der Waals surface area contributed by atoms with Gasteiger partial charge >= 0.3 is 0 Å². The molecule has 0 saturated carbocycles. The molecule has 0 aromatic carbocycles. The van der Waals surface area contributed by atoms with Crippen LogP contribution in [0.15, 0.2) is 17.3 Å². The Labute approximate surface area is 99.3 Å². The van der Waals surface area contributed by atoms with Gasteiger partial charge in [-0.1, -0.05) is 0 Å². The zero-order valence-corrected chi connectivity index (χ0v) is 10.1. The number of rotatable bonds is 3. The average Bonchev–Trinajstić information content (AvgIpc) is 2.33. The van der Waals surface area contributed by atoms with E-state index in [1.165, 1.54) is 24.3 Å². The van der Waals surface area contributed by atoms with Crippen LogP contribution in [0.25, 0.3) is 0 Å². The summed E-state index contributed by atoms with van der Waals surface area (Å²) in [6, 6.07) is 0. The van der Waals surface area contributed by atoms with Crippen LogP contribution in [0.4, 0.5) is 0 Å². The third-order valence-electron chi connectivity index (χ3n) is 2.86. The van der Waals surface area contributed by atoms with Gasteiger partial charge in [0, 0.05) is 24.8 Å². The molecule has 0 amide bonds. The molecule has 0 spiro atoms. The molecule has 2 N–H and O–H groups in total. The van der Waals surface area contributed by atoms with Crippen LogP contribution in [0.5, 0.6) is 0 Å². The van der Waals surface area contributed by atoms with E-state index in [0.29, 0.717) is 11.5 Å². The van der Waals surface area contributed by atoms with Gasteiger partial charge in [0.25, 0.3) is 5.56 Å². The first-order valence-electron chi connectivity index (χ1n) is 5.62. The average molecular weight is 239 g/mol. The lowest BCUT2D eigenvalue weighted by atomic mass is 10.1. The summed E-state index contributed by atoms with van der Waals surface area (Å²) in [5.74, 6) is 3.20. The van der Waals surface area contributed by atoms with Gasteiger partial charge in [0.05, 0.1) is 6.33 Å². The van der Waals surface area contributed by atoms with Gasteiger partial charge in [-0.3, -0.25) is 4.79 Å². The fourth-order valence-electron chi connectivity index (χ4n) is 1.99. The van der Waals surface area contributed by atoms with Crippen molar-refractivity contribution in [2.75, 3.05) is 11.5 Å². The summed E-state index contributed by atoms with van der Waals surface area (Å²) in [6.45, 7) is 1.22. The summed E-state index contributed by atoms with van der Waals surface area (Å²) >= 11 is 2.02. The SMILES string of the molecule is NCc1cn(CC2CCCSC2)cnc1=O. The normalized spacial score (nSPS) is 20.9. The van der Waals surface area contributed by atoms with E-state index in [0.717, 1.165) is 6.54 Å². The largest absolute Gasteiger partial charge is 0.338 e. The predicted molar refractivity (Wildman–Crippen MR) is 66.4 cm³/mol. The number of hydrogen-bond donors (Lipinski definition) is 1. The van der Waals surface area contributed by atoms with E-state index in [1.807, 2.05) is 22.5 Å². The topological polar surface area (TPSA) is 60.9 Å². The standard InChI is InChI=1S/C11H17N3OS/c12-4-10-6-14(8-13-11(10)15)5-9-2-1-3-16-7-9/h6,8-9H,1-5,7,12H2. The summed E-state index contributed by atoms with van der Waals surface area (Å²) in [4.78, 5) is 15.1. The summed E-state index contributed by atoms with van der Waals surface area (Å²) in [6.07, 6.45) is 6.04. The molecule has 1 saturated heterocycles. The first-order valence-corrected chi connectivity index (χ1v) is 6.78. The van der Waals surface area contributed by atoms with Gasteiger partial charge in [0.15, 0.2) is 0 Å². The van der Waals surface area contributed by atoms with E-state index in [2.05, 4.69) is 4.98 Å². The van der Waals surface area contributed by atoms with Gasteiger partial charge in [-0.05, 0) is 30.3 Å². The second-order valence-corrected chi connectivity index (χ2v) is 5.34. The van der Waals surface area contributed by atoms with Crippen LogP contribution in [-0.2, 0) is 13.1 Å². The zero-order chi connectivity index (χ0) is 11.4. The highest BCUT2D eigenvalue weighted by Gasteiger charge is 2.14. The van der Waals surface area contributed by atoms with Gasteiger partial charge in [0.2, 0.25) is 0 Å². The monoisotopic (exact) mass is 239 g/mol. The lowest BCUT2D eigenvalue weighted by Gasteiger charge is -2.22. The second-order valence-electron chi connectivity index (χ2n) is 4.19. The highest BCUT2D eigenvalue weighted by molar-refractivity contribution is 7.99. The molecule has 1 atom stereocenters. The molecular weight excluding hydrogens is 222 g/mol. The molecule has 88 valence electrons. The van der Waals surface area contributed by atoms with Crippen LogP contribution in [-0.4, -0.2) is 21.1 Å². The van der Waals surface area contributed by atoms with E-state index < -0.39 is 0 Å². The molecule has 4 nitrogen and oxygen atoms in total. The third kappa shape index (κ3) is 2.86. The van der Waals surface area contributed by atoms with Crippen molar-refractivity contribution in [3.8, 4) is 0 Å². The lowest BCUT2D eigenvalue weighted by Crippen LogP contribution is -2.22. The first kappa shape index (κ1) is 11.7. The van der Waals surface area contributed by atoms with E-state index in [1.54, 1.807) is 6.33 Å². The Hall–Kier alpha value is -0.810. The zero-order valence-electron chi connectivity index (χ0n) is 9.26. The maximum absolute atomic E-state index is 11.3. The summed E-state index contributed by atoms with van der Waals surface area (Å²) in [7, 11) is 0. The number of nitrogens with zero attached hydrogens (tertiary/aromatic N) is 2. The van der Waals surface area contributed by atoms with Gasteiger partial charge in [-0.25, -0.2) is 0 Å². The minimum atomic E-state index is -0.197. The third-order valence-corrected chi connectivity index (χ3v) is 4.15. The van der Waals surface area contributed by atoms with Crippen LogP contribution in [0.3, 0.4) is 0 Å². The van der Waals surface area contributed by atoms with Crippen molar-refractivity contribution in [3.05, 3.63) is 28.4 Å². The Kier molecular flexibility index (Phi) is 4.01. The predicted octanol–water partition coefficient (Wildman–Crippen LogP) is 0.845. The van der Waals surface area contributed by atoms with Crippen LogP contribution < -0.4 is 11.3 Å². The molecular formula is C11H17N3OS. The van der Waals surface area contributed by atoms with Crippen molar-refractivity contribution in [2.45, 2.75) is 25.9 Å². The summed E-state index contributed by atoms with van der Waals surface area (Å²) in [5, 5.41) is 0. The quantitative estimate of drug-likeness (QED) is 0.849. The fourth-order valence-corrected chi connectivity index (χ4v) is 3.13. The summed E-state index contributed by atoms with van der Waals surface area (Å²) < 4.78 is 2.00. The van der Waals surface area contributed by atoms with Crippen LogP contribution in [0.1, 0.15) is 18.4 Å². The van der Waals surface area contributed by atoms with Gasteiger partial charge in [0.1, 0.15) is 0 Å². The van der Waals surface area contributed by atoms with Crippen LogP contribution in [0, 0.1) is 5.92 Å². The van der Waals surface area contributed by atoms with Crippen molar-refractivity contribution in [3.63, 3.8) is 0 Å². The molecule has 0 bridgehead atoms. The molecule has 1 fully saturated rings. The Morgan fingerprint density at radius 3 is 3.19 bits per heavy atom. The molecule has 1 aromatic heterocycles. The summed E-state index contributed by atoms with van der Waals surface area (Å²) in [5.41, 5.74) is 5.90. The molecule has 2 heterocycles. The Balaban J connectivity index is 2.06. The van der Waals surface area contributed by atoms with Crippen LogP contribution >= 0.6 is 11.8 Å². The Morgan fingerprint density at radius 1 is 1.62 bits per heavy atom. The second kappa shape index (κ2) is 5.50. The minimum absolute atomic E-state index is 0.197. The highest BCUT2D eigenvalue weighted by Crippen LogP contribution is 2.23.